The fraction of sp³-hybridized carbons (Fsp3) is 0.240. The first-order valence-corrected chi connectivity index (χ1v) is 10.9. The van der Waals surface area contributed by atoms with Crippen LogP contribution in [0.15, 0.2) is 60.9 Å². The highest BCUT2D eigenvalue weighted by Crippen LogP contribution is 2.33. The van der Waals surface area contributed by atoms with Crippen LogP contribution in [0.3, 0.4) is 0 Å². The van der Waals surface area contributed by atoms with Crippen LogP contribution in [-0.4, -0.2) is 65.4 Å². The standard InChI is InChI=1S/C25H22F2N4O3/c26-18-2-3-20(21(27)12-18)17-1-4-23-22(11-17)29-24(32)14-30-9-10-31(13-19(30)15-34-23)25(33)16-5-7-28-8-6-16/h1-8,11-12,19H,9-10,13-15H2,(H,29,32)/t19-/m1/s1. The molecule has 1 fully saturated rings. The maximum atomic E-state index is 14.3. The fourth-order valence-corrected chi connectivity index (χ4v) is 4.33. The van der Waals surface area contributed by atoms with Gasteiger partial charge in [0.25, 0.3) is 5.91 Å². The average Bonchev–Trinajstić information content (AvgIpc) is 2.90. The number of carbonyl (C=O) groups excluding carboxylic acids is 2. The van der Waals surface area contributed by atoms with Crippen molar-refractivity contribution in [2.45, 2.75) is 6.04 Å². The molecule has 1 atom stereocenters. The molecule has 0 aliphatic carbocycles. The smallest absolute Gasteiger partial charge is 0.254 e. The molecule has 5 rings (SSSR count). The van der Waals surface area contributed by atoms with Gasteiger partial charge in [0.1, 0.15) is 24.0 Å². The highest BCUT2D eigenvalue weighted by atomic mass is 19.1. The molecule has 0 bridgehead atoms. The van der Waals surface area contributed by atoms with Gasteiger partial charge in [0.2, 0.25) is 5.91 Å². The van der Waals surface area contributed by atoms with Crippen LogP contribution in [0.5, 0.6) is 5.75 Å². The summed E-state index contributed by atoms with van der Waals surface area (Å²) in [4.78, 5) is 33.4. The molecule has 9 heteroatoms. The van der Waals surface area contributed by atoms with Gasteiger partial charge < -0.3 is 15.0 Å². The van der Waals surface area contributed by atoms with Gasteiger partial charge in [-0.2, -0.15) is 0 Å². The molecule has 1 aromatic heterocycles. The predicted octanol–water partition coefficient (Wildman–Crippen LogP) is 3.18. The Bertz CT molecular complexity index is 1240. The number of ether oxygens (including phenoxy) is 1. The SMILES string of the molecule is O=C1CN2CCN(C(=O)c3ccncc3)C[C@@H]2COc2ccc(-c3ccc(F)cc3F)cc2N1. The van der Waals surface area contributed by atoms with E-state index in [0.717, 1.165) is 6.07 Å². The summed E-state index contributed by atoms with van der Waals surface area (Å²) in [6.45, 7) is 1.85. The van der Waals surface area contributed by atoms with Crippen LogP contribution in [-0.2, 0) is 4.79 Å². The quantitative estimate of drug-likeness (QED) is 0.631. The summed E-state index contributed by atoms with van der Waals surface area (Å²) in [5, 5.41) is 2.85. The van der Waals surface area contributed by atoms with Crippen LogP contribution in [0, 0.1) is 11.6 Å². The lowest BCUT2D eigenvalue weighted by Crippen LogP contribution is -2.57. The number of halogens is 2. The number of carbonyl (C=O) groups is 2. The number of piperazine rings is 1. The zero-order valence-corrected chi connectivity index (χ0v) is 18.2. The van der Waals surface area contributed by atoms with E-state index in [1.807, 2.05) is 4.90 Å². The Hall–Kier alpha value is -3.85. The molecule has 34 heavy (non-hydrogen) atoms. The van der Waals surface area contributed by atoms with Crippen molar-refractivity contribution < 1.29 is 23.1 Å². The minimum Gasteiger partial charge on any atom is -0.490 e. The number of amides is 2. The lowest BCUT2D eigenvalue weighted by Gasteiger charge is -2.40. The van der Waals surface area contributed by atoms with E-state index in [1.54, 1.807) is 47.6 Å². The summed E-state index contributed by atoms with van der Waals surface area (Å²) >= 11 is 0. The Morgan fingerprint density at radius 2 is 1.88 bits per heavy atom. The first-order valence-electron chi connectivity index (χ1n) is 10.9. The van der Waals surface area contributed by atoms with Crippen molar-refractivity contribution in [1.82, 2.24) is 14.8 Å². The summed E-state index contributed by atoms with van der Waals surface area (Å²) in [6.07, 6.45) is 3.17. The molecule has 0 radical (unpaired) electrons. The molecular weight excluding hydrogens is 442 g/mol. The van der Waals surface area contributed by atoms with Gasteiger partial charge in [-0.3, -0.25) is 19.5 Å². The minimum absolute atomic E-state index is 0.0854. The molecule has 1 N–H and O–H groups in total. The maximum absolute atomic E-state index is 14.3. The third-order valence-corrected chi connectivity index (χ3v) is 6.09. The Labute approximate surface area is 195 Å². The number of rotatable bonds is 2. The Morgan fingerprint density at radius 3 is 2.68 bits per heavy atom. The fourth-order valence-electron chi connectivity index (χ4n) is 4.33. The van der Waals surface area contributed by atoms with E-state index < -0.39 is 11.6 Å². The largest absolute Gasteiger partial charge is 0.490 e. The molecule has 2 aromatic carbocycles. The van der Waals surface area contributed by atoms with E-state index in [0.29, 0.717) is 42.2 Å². The van der Waals surface area contributed by atoms with Crippen molar-refractivity contribution in [1.29, 1.82) is 0 Å². The van der Waals surface area contributed by atoms with E-state index in [9.17, 15) is 18.4 Å². The summed E-state index contributed by atoms with van der Waals surface area (Å²) in [6, 6.07) is 11.5. The van der Waals surface area contributed by atoms with Crippen molar-refractivity contribution in [2.75, 3.05) is 38.1 Å². The van der Waals surface area contributed by atoms with Crippen molar-refractivity contribution in [3.05, 3.63) is 78.1 Å². The zero-order chi connectivity index (χ0) is 23.7. The first-order chi connectivity index (χ1) is 16.5. The minimum atomic E-state index is -0.689. The summed E-state index contributed by atoms with van der Waals surface area (Å²) in [5.41, 5.74) is 1.69. The summed E-state index contributed by atoms with van der Waals surface area (Å²) < 4.78 is 33.6. The van der Waals surface area contributed by atoms with Crippen molar-refractivity contribution in [2.24, 2.45) is 0 Å². The van der Waals surface area contributed by atoms with Crippen molar-refractivity contribution in [3.63, 3.8) is 0 Å². The molecule has 7 nitrogen and oxygen atoms in total. The lowest BCUT2D eigenvalue weighted by atomic mass is 10.0. The van der Waals surface area contributed by atoms with Gasteiger partial charge in [0, 0.05) is 49.2 Å². The van der Waals surface area contributed by atoms with Gasteiger partial charge in [-0.1, -0.05) is 6.07 Å². The molecule has 1 saturated heterocycles. The number of aromatic nitrogens is 1. The van der Waals surface area contributed by atoms with E-state index in [4.69, 9.17) is 4.74 Å². The monoisotopic (exact) mass is 464 g/mol. The molecule has 0 unspecified atom stereocenters. The number of hydrogen-bond donors (Lipinski definition) is 1. The molecule has 0 spiro atoms. The first kappa shape index (κ1) is 22.0. The molecular formula is C25H22F2N4O3. The number of pyridine rings is 1. The van der Waals surface area contributed by atoms with E-state index in [2.05, 4.69) is 10.3 Å². The van der Waals surface area contributed by atoms with E-state index in [-0.39, 0.29) is 36.6 Å². The number of nitrogens with zero attached hydrogens (tertiary/aromatic N) is 3. The topological polar surface area (TPSA) is 74.8 Å². The summed E-state index contributed by atoms with van der Waals surface area (Å²) in [5.74, 6) is -1.22. The van der Waals surface area contributed by atoms with Crippen LogP contribution in [0.2, 0.25) is 0 Å². The number of hydrogen-bond acceptors (Lipinski definition) is 5. The van der Waals surface area contributed by atoms with E-state index >= 15 is 0 Å². The van der Waals surface area contributed by atoms with Gasteiger partial charge in [0.05, 0.1) is 18.3 Å². The van der Waals surface area contributed by atoms with Crippen LogP contribution >= 0.6 is 0 Å². The second-order valence-corrected chi connectivity index (χ2v) is 8.31. The van der Waals surface area contributed by atoms with Gasteiger partial charge in [-0.05, 0) is 42.0 Å². The normalized spacial score (nSPS) is 18.5. The summed E-state index contributed by atoms with van der Waals surface area (Å²) in [7, 11) is 0. The maximum Gasteiger partial charge on any atom is 0.254 e. The third kappa shape index (κ3) is 4.47. The number of fused-ring (bicyclic) bond motifs is 2. The molecule has 3 aromatic rings. The molecule has 2 aliphatic rings. The molecule has 2 amide bonds. The third-order valence-electron chi connectivity index (χ3n) is 6.09. The average molecular weight is 464 g/mol. The van der Waals surface area contributed by atoms with Gasteiger partial charge in [-0.15, -0.1) is 0 Å². The van der Waals surface area contributed by atoms with Gasteiger partial charge in [0.15, 0.2) is 0 Å². The second-order valence-electron chi connectivity index (χ2n) is 8.31. The molecule has 0 saturated carbocycles. The Morgan fingerprint density at radius 1 is 1.06 bits per heavy atom. The molecule has 174 valence electrons. The van der Waals surface area contributed by atoms with Crippen LogP contribution in [0.4, 0.5) is 14.5 Å². The Balaban J connectivity index is 1.37. The highest BCUT2D eigenvalue weighted by molar-refractivity contribution is 5.95. The number of nitrogens with one attached hydrogen (secondary N) is 1. The highest BCUT2D eigenvalue weighted by Gasteiger charge is 2.33. The van der Waals surface area contributed by atoms with Crippen molar-refractivity contribution in [3.8, 4) is 16.9 Å². The van der Waals surface area contributed by atoms with E-state index in [1.165, 1.54) is 12.1 Å². The number of benzene rings is 2. The number of anilines is 1. The van der Waals surface area contributed by atoms with Crippen LogP contribution in [0.25, 0.3) is 11.1 Å². The second kappa shape index (κ2) is 9.18. The zero-order valence-electron chi connectivity index (χ0n) is 18.2. The molecule has 2 aliphatic heterocycles. The van der Waals surface area contributed by atoms with Gasteiger partial charge in [-0.25, -0.2) is 8.78 Å². The van der Waals surface area contributed by atoms with Crippen molar-refractivity contribution >= 4 is 17.5 Å². The predicted molar refractivity (Wildman–Crippen MR) is 121 cm³/mol. The molecule has 3 heterocycles. The lowest BCUT2D eigenvalue weighted by molar-refractivity contribution is -0.118. The van der Waals surface area contributed by atoms with Gasteiger partial charge >= 0.3 is 0 Å². The van der Waals surface area contributed by atoms with Crippen LogP contribution in [0.1, 0.15) is 10.4 Å². The Kier molecular flexibility index (Phi) is 5.93. The van der Waals surface area contributed by atoms with Crippen LogP contribution < -0.4 is 10.1 Å².